The summed E-state index contributed by atoms with van der Waals surface area (Å²) >= 11 is 0. The number of nitrogens with one attached hydrogen (secondary N) is 1. The molecule has 0 heterocycles. The summed E-state index contributed by atoms with van der Waals surface area (Å²) in [5.74, 6) is 1.35. The van der Waals surface area contributed by atoms with Crippen molar-refractivity contribution in [1.29, 1.82) is 0 Å². The summed E-state index contributed by atoms with van der Waals surface area (Å²) in [6.45, 7) is 5.57. The minimum atomic E-state index is -0.478. The lowest BCUT2D eigenvalue weighted by molar-refractivity contribution is 0.0470. The number of nitrogen functional groups attached to an aromatic ring is 1. The van der Waals surface area contributed by atoms with Gasteiger partial charge in [-0.05, 0) is 58.6 Å². The van der Waals surface area contributed by atoms with Crippen LogP contribution in [0.1, 0.15) is 46.5 Å². The van der Waals surface area contributed by atoms with Crippen molar-refractivity contribution in [1.82, 2.24) is 5.32 Å². The second-order valence-corrected chi connectivity index (χ2v) is 7.15. The lowest BCUT2D eigenvalue weighted by Crippen LogP contribution is -2.42. The predicted octanol–water partition coefficient (Wildman–Crippen LogP) is 3.49. The number of rotatable bonds is 4. The van der Waals surface area contributed by atoms with Gasteiger partial charge < -0.3 is 25.3 Å². The first-order valence-corrected chi connectivity index (χ1v) is 8.36. The highest BCUT2D eigenvalue weighted by Gasteiger charge is 2.26. The lowest BCUT2D eigenvalue weighted by Gasteiger charge is -2.30. The maximum absolute atomic E-state index is 11.8. The summed E-state index contributed by atoms with van der Waals surface area (Å²) in [5, 5.41) is 2.93. The molecule has 0 aromatic heterocycles. The van der Waals surface area contributed by atoms with Crippen LogP contribution in [0.4, 0.5) is 10.5 Å². The van der Waals surface area contributed by atoms with Gasteiger partial charge in [-0.25, -0.2) is 4.79 Å². The van der Waals surface area contributed by atoms with E-state index in [-0.39, 0.29) is 18.2 Å². The first-order valence-electron chi connectivity index (χ1n) is 8.36. The molecule has 1 aliphatic carbocycles. The number of benzene rings is 1. The molecule has 6 nitrogen and oxygen atoms in total. The molecule has 1 aliphatic rings. The van der Waals surface area contributed by atoms with E-state index in [0.717, 1.165) is 25.7 Å². The molecule has 0 saturated heterocycles. The van der Waals surface area contributed by atoms with E-state index in [1.54, 1.807) is 25.3 Å². The molecule has 0 radical (unpaired) electrons. The van der Waals surface area contributed by atoms with Gasteiger partial charge in [0, 0.05) is 17.8 Å². The van der Waals surface area contributed by atoms with Gasteiger partial charge in [0.05, 0.1) is 13.2 Å². The van der Waals surface area contributed by atoms with E-state index in [9.17, 15) is 4.79 Å². The smallest absolute Gasteiger partial charge is 0.407 e. The van der Waals surface area contributed by atoms with Gasteiger partial charge >= 0.3 is 6.09 Å². The third-order valence-corrected chi connectivity index (χ3v) is 3.88. The van der Waals surface area contributed by atoms with Crippen molar-refractivity contribution in [2.24, 2.45) is 0 Å². The van der Waals surface area contributed by atoms with Gasteiger partial charge in [-0.2, -0.15) is 0 Å². The van der Waals surface area contributed by atoms with Crippen LogP contribution in [0, 0.1) is 0 Å². The Morgan fingerprint density at radius 3 is 2.42 bits per heavy atom. The minimum Gasteiger partial charge on any atom is -0.493 e. The fourth-order valence-electron chi connectivity index (χ4n) is 2.76. The molecule has 0 spiro atoms. The summed E-state index contributed by atoms with van der Waals surface area (Å²) in [6.07, 6.45) is 3.17. The number of alkyl carbamates (subject to hydrolysis) is 1. The second kappa shape index (κ2) is 7.64. The molecule has 0 atom stereocenters. The zero-order valence-corrected chi connectivity index (χ0v) is 14.9. The standard InChI is InChI=1S/C18H28N2O4/c1-18(2,3)24-17(21)20-13-6-8-14(9-7-13)23-16-11-12(19)5-10-15(16)22-4/h5,10-11,13-14H,6-9,19H2,1-4H3,(H,20,21)/t13-,14-. The average molecular weight is 336 g/mol. The van der Waals surface area contributed by atoms with E-state index < -0.39 is 5.60 Å². The molecular weight excluding hydrogens is 308 g/mol. The molecule has 1 aromatic rings. The van der Waals surface area contributed by atoms with E-state index in [0.29, 0.717) is 17.2 Å². The Kier molecular flexibility index (Phi) is 5.80. The predicted molar refractivity (Wildman–Crippen MR) is 93.4 cm³/mol. The number of nitrogens with two attached hydrogens (primary N) is 1. The first-order chi connectivity index (χ1) is 11.3. The van der Waals surface area contributed by atoms with E-state index in [1.165, 1.54) is 0 Å². The number of hydrogen-bond acceptors (Lipinski definition) is 5. The third kappa shape index (κ3) is 5.51. The maximum atomic E-state index is 11.8. The van der Waals surface area contributed by atoms with Gasteiger partial charge in [-0.3, -0.25) is 0 Å². The molecule has 1 saturated carbocycles. The molecule has 1 aromatic carbocycles. The number of methoxy groups -OCH3 is 1. The Hall–Kier alpha value is -2.11. The van der Waals surface area contributed by atoms with Crippen LogP contribution >= 0.6 is 0 Å². The maximum Gasteiger partial charge on any atom is 0.407 e. The van der Waals surface area contributed by atoms with Gasteiger partial charge in [0.25, 0.3) is 0 Å². The largest absolute Gasteiger partial charge is 0.493 e. The monoisotopic (exact) mass is 336 g/mol. The number of carbonyl (C=O) groups excluding carboxylic acids is 1. The van der Waals surface area contributed by atoms with E-state index in [4.69, 9.17) is 19.9 Å². The van der Waals surface area contributed by atoms with Crippen LogP contribution in [0.3, 0.4) is 0 Å². The van der Waals surface area contributed by atoms with Crippen LogP contribution in [-0.2, 0) is 4.74 Å². The zero-order valence-electron chi connectivity index (χ0n) is 14.9. The van der Waals surface area contributed by atoms with Gasteiger partial charge in [-0.1, -0.05) is 0 Å². The number of anilines is 1. The quantitative estimate of drug-likeness (QED) is 0.822. The number of carbonyl (C=O) groups is 1. The molecule has 24 heavy (non-hydrogen) atoms. The molecular formula is C18H28N2O4. The Bertz CT molecular complexity index is 561. The highest BCUT2D eigenvalue weighted by atomic mass is 16.6. The fourth-order valence-corrected chi connectivity index (χ4v) is 2.76. The SMILES string of the molecule is COc1ccc(N)cc1O[C@H]1CC[C@H](NC(=O)OC(C)(C)C)CC1. The molecule has 0 unspecified atom stereocenters. The van der Waals surface area contributed by atoms with Gasteiger partial charge in [-0.15, -0.1) is 0 Å². The van der Waals surface area contributed by atoms with Crippen LogP contribution < -0.4 is 20.5 Å². The van der Waals surface area contributed by atoms with Crippen molar-refractivity contribution >= 4 is 11.8 Å². The van der Waals surface area contributed by atoms with E-state index >= 15 is 0 Å². The summed E-state index contributed by atoms with van der Waals surface area (Å²) in [5.41, 5.74) is 5.98. The van der Waals surface area contributed by atoms with Crippen molar-refractivity contribution in [3.8, 4) is 11.5 Å². The summed E-state index contributed by atoms with van der Waals surface area (Å²) in [6, 6.07) is 5.50. The molecule has 0 bridgehead atoms. The van der Waals surface area contributed by atoms with Gasteiger partial charge in [0.1, 0.15) is 5.60 Å². The van der Waals surface area contributed by atoms with Crippen molar-refractivity contribution in [3.63, 3.8) is 0 Å². The normalized spacial score (nSPS) is 21.0. The molecule has 3 N–H and O–H groups in total. The zero-order chi connectivity index (χ0) is 17.7. The van der Waals surface area contributed by atoms with E-state index in [1.807, 2.05) is 20.8 Å². The minimum absolute atomic E-state index is 0.0948. The number of hydrogen-bond donors (Lipinski definition) is 2. The van der Waals surface area contributed by atoms with Crippen molar-refractivity contribution < 1.29 is 19.0 Å². The summed E-state index contributed by atoms with van der Waals surface area (Å²) in [4.78, 5) is 11.8. The van der Waals surface area contributed by atoms with Crippen LogP contribution in [0.25, 0.3) is 0 Å². The highest BCUT2D eigenvalue weighted by molar-refractivity contribution is 5.68. The molecule has 134 valence electrons. The molecule has 0 aliphatic heterocycles. The Morgan fingerprint density at radius 1 is 1.17 bits per heavy atom. The molecule has 1 fully saturated rings. The van der Waals surface area contributed by atoms with Crippen LogP contribution in [0.5, 0.6) is 11.5 Å². The highest BCUT2D eigenvalue weighted by Crippen LogP contribution is 2.32. The molecule has 2 rings (SSSR count). The van der Waals surface area contributed by atoms with E-state index in [2.05, 4.69) is 5.32 Å². The van der Waals surface area contributed by atoms with Crippen molar-refractivity contribution in [3.05, 3.63) is 18.2 Å². The van der Waals surface area contributed by atoms with Gasteiger partial charge in [0.15, 0.2) is 11.5 Å². The lowest BCUT2D eigenvalue weighted by atomic mass is 9.93. The Labute approximate surface area is 143 Å². The number of ether oxygens (including phenoxy) is 3. The first kappa shape index (κ1) is 18.2. The summed E-state index contributed by atoms with van der Waals surface area (Å²) < 4.78 is 16.6. The second-order valence-electron chi connectivity index (χ2n) is 7.15. The van der Waals surface area contributed by atoms with Crippen molar-refractivity contribution in [2.45, 2.75) is 64.2 Å². The average Bonchev–Trinajstić information content (AvgIpc) is 2.47. The van der Waals surface area contributed by atoms with Crippen molar-refractivity contribution in [2.75, 3.05) is 12.8 Å². The molecule has 1 amide bonds. The van der Waals surface area contributed by atoms with Gasteiger partial charge in [0.2, 0.25) is 0 Å². The van der Waals surface area contributed by atoms with Crippen LogP contribution in [0.2, 0.25) is 0 Å². The third-order valence-electron chi connectivity index (χ3n) is 3.88. The topological polar surface area (TPSA) is 82.8 Å². The van der Waals surface area contributed by atoms with Crippen LogP contribution in [-0.4, -0.2) is 30.9 Å². The number of amides is 1. The summed E-state index contributed by atoms with van der Waals surface area (Å²) in [7, 11) is 1.61. The fraction of sp³-hybridized carbons (Fsp3) is 0.611. The van der Waals surface area contributed by atoms with Crippen LogP contribution in [0.15, 0.2) is 18.2 Å². The Morgan fingerprint density at radius 2 is 1.83 bits per heavy atom. The Balaban J connectivity index is 1.83. The molecule has 6 heteroatoms.